The average Bonchev–Trinajstić information content (AvgIpc) is 2.74. The number of nitrogens with zero attached hydrogens (tertiary/aromatic N) is 1. The third-order valence-corrected chi connectivity index (χ3v) is 2.80. The molecule has 1 atom stereocenters. The molecule has 1 fully saturated rings. The molecule has 1 aliphatic heterocycles. The zero-order valence-electron chi connectivity index (χ0n) is 14.8. The highest BCUT2D eigenvalue weighted by Gasteiger charge is 2.32. The first-order chi connectivity index (χ1) is 10.6. The van der Waals surface area contributed by atoms with Crippen LogP contribution in [0.1, 0.15) is 54.4 Å². The number of Topliss-reactive ketones (excluding diaryl/α,β-unsaturated/α-hetero) is 1. The van der Waals surface area contributed by atoms with Gasteiger partial charge in [0.25, 0.3) is 0 Å². The zero-order valence-corrected chi connectivity index (χ0v) is 14.8. The summed E-state index contributed by atoms with van der Waals surface area (Å²) in [6.07, 6.45) is 0.0356. The second kappa shape index (κ2) is 14.4. The molecule has 0 aromatic rings. The van der Waals surface area contributed by atoms with Crippen LogP contribution in [0.3, 0.4) is 0 Å². The molecule has 1 unspecified atom stereocenters. The number of ketones is 1. The fourth-order valence-electron chi connectivity index (χ4n) is 1.87. The summed E-state index contributed by atoms with van der Waals surface area (Å²) >= 11 is 0. The molecule has 22 heavy (non-hydrogen) atoms. The summed E-state index contributed by atoms with van der Waals surface area (Å²) in [5.74, 6) is -1.40. The Morgan fingerprint density at radius 3 is 2.09 bits per heavy atom. The van der Waals surface area contributed by atoms with E-state index in [2.05, 4.69) is 0 Å². The van der Waals surface area contributed by atoms with E-state index >= 15 is 0 Å². The van der Waals surface area contributed by atoms with Gasteiger partial charge in [0.2, 0.25) is 0 Å². The van der Waals surface area contributed by atoms with Crippen LogP contribution in [0.25, 0.3) is 0 Å². The molecule has 0 radical (unpaired) electrons. The van der Waals surface area contributed by atoms with E-state index < -0.39 is 18.0 Å². The zero-order chi connectivity index (χ0) is 17.5. The molecule has 1 saturated heterocycles. The molecule has 6 heteroatoms. The van der Waals surface area contributed by atoms with E-state index in [9.17, 15) is 14.4 Å². The number of hydrogen-bond donors (Lipinski definition) is 0. The lowest BCUT2D eigenvalue weighted by molar-refractivity contribution is -0.151. The number of amides is 1. The molecule has 0 spiro atoms. The summed E-state index contributed by atoms with van der Waals surface area (Å²) < 4.78 is 9.73. The van der Waals surface area contributed by atoms with Gasteiger partial charge in [0, 0.05) is 19.5 Å². The van der Waals surface area contributed by atoms with Crippen molar-refractivity contribution in [2.75, 3.05) is 26.3 Å². The van der Waals surface area contributed by atoms with E-state index in [-0.39, 0.29) is 18.8 Å². The minimum absolute atomic E-state index is 0.166. The van der Waals surface area contributed by atoms with Crippen LogP contribution in [-0.2, 0) is 19.1 Å². The lowest BCUT2D eigenvalue weighted by atomic mass is 10.00. The topological polar surface area (TPSA) is 72.9 Å². The van der Waals surface area contributed by atoms with Crippen molar-refractivity contribution < 1.29 is 23.9 Å². The largest absolute Gasteiger partial charge is 0.465 e. The quantitative estimate of drug-likeness (QED) is 0.591. The Morgan fingerprint density at radius 2 is 1.59 bits per heavy atom. The lowest BCUT2D eigenvalue weighted by Crippen LogP contribution is -2.32. The molecule has 1 aliphatic rings. The molecular formula is C16H31NO5. The summed E-state index contributed by atoms with van der Waals surface area (Å²) in [5.41, 5.74) is 0. The number of likely N-dealkylation sites (tertiary alicyclic amines) is 1. The van der Waals surface area contributed by atoms with Gasteiger partial charge in [-0.2, -0.15) is 0 Å². The Bertz CT molecular complexity index is 330. The standard InChI is InChI=1S/C12H19NO5.2C2H6/c1-3-17-11(15)9-5-7-13(8-6-10(9)14)12(16)18-4-2;2*1-2/h9H,3-8H2,1-2H3;2*1-2H3. The first kappa shape index (κ1) is 22.7. The Labute approximate surface area is 134 Å². The van der Waals surface area contributed by atoms with Crippen LogP contribution >= 0.6 is 0 Å². The third-order valence-electron chi connectivity index (χ3n) is 2.80. The molecule has 0 saturated carbocycles. The van der Waals surface area contributed by atoms with Gasteiger partial charge in [-0.3, -0.25) is 9.59 Å². The van der Waals surface area contributed by atoms with Crippen LogP contribution in [0.15, 0.2) is 0 Å². The predicted octanol–water partition coefficient (Wildman–Crippen LogP) is 3.04. The number of hydrogen-bond acceptors (Lipinski definition) is 5. The fourth-order valence-corrected chi connectivity index (χ4v) is 1.87. The average molecular weight is 317 g/mol. The number of carbonyl (C=O) groups is 3. The summed E-state index contributed by atoms with van der Waals surface area (Å²) in [6.45, 7) is 12.6. The van der Waals surface area contributed by atoms with Crippen LogP contribution in [0, 0.1) is 5.92 Å². The minimum atomic E-state index is -0.746. The van der Waals surface area contributed by atoms with E-state index in [0.717, 1.165) is 0 Å². The van der Waals surface area contributed by atoms with Gasteiger partial charge in [-0.25, -0.2) is 4.79 Å². The Hall–Kier alpha value is -1.59. The Morgan fingerprint density at radius 1 is 1.05 bits per heavy atom. The molecule has 130 valence electrons. The van der Waals surface area contributed by atoms with Gasteiger partial charge in [-0.1, -0.05) is 27.7 Å². The van der Waals surface area contributed by atoms with Gasteiger partial charge in [0.15, 0.2) is 0 Å². The summed E-state index contributed by atoms with van der Waals surface area (Å²) in [6, 6.07) is 0. The Balaban J connectivity index is 0. The number of rotatable bonds is 3. The summed E-state index contributed by atoms with van der Waals surface area (Å²) in [5, 5.41) is 0. The van der Waals surface area contributed by atoms with E-state index in [4.69, 9.17) is 9.47 Å². The van der Waals surface area contributed by atoms with E-state index in [1.54, 1.807) is 13.8 Å². The van der Waals surface area contributed by atoms with Gasteiger partial charge in [-0.15, -0.1) is 0 Å². The highest BCUT2D eigenvalue weighted by molar-refractivity contribution is 5.99. The second-order valence-electron chi connectivity index (χ2n) is 4.00. The highest BCUT2D eigenvalue weighted by atomic mass is 16.6. The predicted molar refractivity (Wildman–Crippen MR) is 85.7 cm³/mol. The van der Waals surface area contributed by atoms with Crippen molar-refractivity contribution in [3.8, 4) is 0 Å². The van der Waals surface area contributed by atoms with E-state index in [1.807, 2.05) is 27.7 Å². The van der Waals surface area contributed by atoms with Crippen molar-refractivity contribution in [2.24, 2.45) is 5.92 Å². The molecular weight excluding hydrogens is 286 g/mol. The normalized spacial score (nSPS) is 17.1. The Kier molecular flexibility index (Phi) is 14.8. The maximum absolute atomic E-state index is 11.8. The molecule has 1 amide bonds. The third kappa shape index (κ3) is 8.00. The first-order valence-electron chi connectivity index (χ1n) is 8.21. The molecule has 0 aliphatic carbocycles. The van der Waals surface area contributed by atoms with Gasteiger partial charge < -0.3 is 14.4 Å². The van der Waals surface area contributed by atoms with Gasteiger partial charge in [0.05, 0.1) is 13.2 Å². The summed E-state index contributed by atoms with van der Waals surface area (Å²) in [4.78, 5) is 36.4. The van der Waals surface area contributed by atoms with Crippen LogP contribution < -0.4 is 0 Å². The smallest absolute Gasteiger partial charge is 0.409 e. The van der Waals surface area contributed by atoms with Crippen molar-refractivity contribution in [3.63, 3.8) is 0 Å². The molecule has 1 rings (SSSR count). The van der Waals surface area contributed by atoms with Crippen molar-refractivity contribution in [3.05, 3.63) is 0 Å². The number of ether oxygens (including phenoxy) is 2. The van der Waals surface area contributed by atoms with Crippen molar-refractivity contribution >= 4 is 17.8 Å². The molecule has 1 heterocycles. The van der Waals surface area contributed by atoms with Gasteiger partial charge >= 0.3 is 12.1 Å². The highest BCUT2D eigenvalue weighted by Crippen LogP contribution is 2.16. The van der Waals surface area contributed by atoms with E-state index in [1.165, 1.54) is 4.90 Å². The van der Waals surface area contributed by atoms with E-state index in [0.29, 0.717) is 26.1 Å². The summed E-state index contributed by atoms with van der Waals surface area (Å²) in [7, 11) is 0. The van der Waals surface area contributed by atoms with Crippen molar-refractivity contribution in [1.29, 1.82) is 0 Å². The van der Waals surface area contributed by atoms with Gasteiger partial charge in [0.1, 0.15) is 11.7 Å². The number of carbonyl (C=O) groups excluding carboxylic acids is 3. The lowest BCUT2D eigenvalue weighted by Gasteiger charge is -2.18. The SMILES string of the molecule is CC.CC.CCOC(=O)C1CCN(C(=O)OCC)CCC1=O. The maximum Gasteiger partial charge on any atom is 0.409 e. The molecule has 0 N–H and O–H groups in total. The van der Waals surface area contributed by atoms with Crippen molar-refractivity contribution in [1.82, 2.24) is 4.90 Å². The molecule has 0 bridgehead atoms. The van der Waals surface area contributed by atoms with Crippen molar-refractivity contribution in [2.45, 2.75) is 54.4 Å². The van der Waals surface area contributed by atoms with Gasteiger partial charge in [-0.05, 0) is 20.3 Å². The minimum Gasteiger partial charge on any atom is -0.465 e. The molecule has 6 nitrogen and oxygen atoms in total. The molecule has 0 aromatic carbocycles. The maximum atomic E-state index is 11.8. The molecule has 0 aromatic heterocycles. The van der Waals surface area contributed by atoms with Crippen LogP contribution in [-0.4, -0.2) is 49.0 Å². The second-order valence-corrected chi connectivity index (χ2v) is 4.00. The van der Waals surface area contributed by atoms with Crippen LogP contribution in [0.4, 0.5) is 4.79 Å². The van der Waals surface area contributed by atoms with Crippen LogP contribution in [0.2, 0.25) is 0 Å². The first-order valence-corrected chi connectivity index (χ1v) is 8.21. The fraction of sp³-hybridized carbons (Fsp3) is 0.812. The number of esters is 1. The van der Waals surface area contributed by atoms with Crippen LogP contribution in [0.5, 0.6) is 0 Å². The monoisotopic (exact) mass is 317 g/mol.